The quantitative estimate of drug-likeness (QED) is 0.357. The van der Waals surface area contributed by atoms with Gasteiger partial charge in [0.25, 0.3) is 11.6 Å². The van der Waals surface area contributed by atoms with Gasteiger partial charge in [-0.05, 0) is 19.9 Å². The van der Waals surface area contributed by atoms with Crippen molar-refractivity contribution < 1.29 is 45.7 Å². The van der Waals surface area contributed by atoms with Crippen LogP contribution >= 0.6 is 0 Å². The summed E-state index contributed by atoms with van der Waals surface area (Å²) in [4.78, 5) is 24.5. The fourth-order valence-electron chi connectivity index (χ4n) is 4.08. The Morgan fingerprint density at radius 1 is 1.29 bits per heavy atom. The van der Waals surface area contributed by atoms with E-state index in [2.05, 4.69) is 5.32 Å². The van der Waals surface area contributed by atoms with Crippen LogP contribution in [-0.4, -0.2) is 36.3 Å². The van der Waals surface area contributed by atoms with E-state index in [1.54, 1.807) is 0 Å². The standard InChI is InChI=1S/C22H22F5N3O5/c1-4-34-17-12(5-6-13(23)16(17)24)15-10(2)21(3,22(25,26)27)35-18(15)20(32)29-11-7-8-30(33)14(9-11)19(28)31/h5-10,15,18H,4H2,1-3H3,(H2,28,31)(H,29,32)/t10-,15+,18-,21-/m1/s1. The number of nitrogens with one attached hydrogen (secondary N) is 1. The number of nitrogens with two attached hydrogens (primary N) is 1. The second-order valence-corrected chi connectivity index (χ2v) is 8.15. The van der Waals surface area contributed by atoms with Crippen LogP contribution in [0.4, 0.5) is 27.6 Å². The summed E-state index contributed by atoms with van der Waals surface area (Å²) < 4.78 is 81.1. The van der Waals surface area contributed by atoms with Crippen LogP contribution in [0.25, 0.3) is 0 Å². The van der Waals surface area contributed by atoms with Crippen LogP contribution in [0.15, 0.2) is 30.5 Å². The summed E-state index contributed by atoms with van der Waals surface area (Å²) in [5.74, 6) is -8.36. The average molecular weight is 503 g/mol. The minimum Gasteiger partial charge on any atom is -0.618 e. The van der Waals surface area contributed by atoms with Crippen molar-refractivity contribution in [3.05, 3.63) is 58.6 Å². The summed E-state index contributed by atoms with van der Waals surface area (Å²) in [6.45, 7) is 3.28. The van der Waals surface area contributed by atoms with Gasteiger partial charge >= 0.3 is 12.1 Å². The molecular formula is C22H22F5N3O5. The molecule has 0 unspecified atom stereocenters. The molecule has 8 nitrogen and oxygen atoms in total. The van der Waals surface area contributed by atoms with Gasteiger partial charge in [-0.3, -0.25) is 9.59 Å². The normalized spacial score (nSPS) is 24.3. The van der Waals surface area contributed by atoms with Crippen LogP contribution in [0.2, 0.25) is 0 Å². The zero-order valence-electron chi connectivity index (χ0n) is 18.8. The molecule has 1 saturated heterocycles. The monoisotopic (exact) mass is 503 g/mol. The first-order valence-corrected chi connectivity index (χ1v) is 10.4. The van der Waals surface area contributed by atoms with E-state index in [4.69, 9.17) is 15.2 Å². The first kappa shape index (κ1) is 26.1. The number of alkyl halides is 3. The van der Waals surface area contributed by atoms with Crippen molar-refractivity contribution >= 4 is 17.5 Å². The molecule has 3 N–H and O–H groups in total. The molecule has 0 radical (unpaired) electrons. The number of primary amides is 1. The number of hydrogen-bond acceptors (Lipinski definition) is 5. The zero-order valence-corrected chi connectivity index (χ0v) is 18.8. The third-order valence-electron chi connectivity index (χ3n) is 6.09. The Morgan fingerprint density at radius 3 is 2.51 bits per heavy atom. The Labute approximate surface area is 196 Å². The van der Waals surface area contributed by atoms with Gasteiger partial charge in [0.05, 0.1) is 12.3 Å². The number of benzene rings is 1. The number of anilines is 1. The van der Waals surface area contributed by atoms with Crippen molar-refractivity contribution in [1.82, 2.24) is 0 Å². The number of pyridine rings is 1. The minimum absolute atomic E-state index is 0.123. The van der Waals surface area contributed by atoms with Crippen LogP contribution in [0.3, 0.4) is 0 Å². The smallest absolute Gasteiger partial charge is 0.417 e. The molecule has 1 aliphatic rings. The topological polar surface area (TPSA) is 118 Å². The zero-order chi connectivity index (χ0) is 26.3. The van der Waals surface area contributed by atoms with Gasteiger partial charge in [-0.25, -0.2) is 4.39 Å². The van der Waals surface area contributed by atoms with Gasteiger partial charge in [0.15, 0.2) is 23.4 Å². The molecule has 1 fully saturated rings. The van der Waals surface area contributed by atoms with E-state index in [0.717, 1.165) is 37.4 Å². The maximum atomic E-state index is 14.5. The van der Waals surface area contributed by atoms with Gasteiger partial charge in [0.2, 0.25) is 5.82 Å². The van der Waals surface area contributed by atoms with Gasteiger partial charge in [-0.2, -0.15) is 22.3 Å². The summed E-state index contributed by atoms with van der Waals surface area (Å²) in [7, 11) is 0. The lowest BCUT2D eigenvalue weighted by Gasteiger charge is -2.32. The van der Waals surface area contributed by atoms with E-state index in [-0.39, 0.29) is 22.6 Å². The minimum atomic E-state index is -4.93. The van der Waals surface area contributed by atoms with Crippen molar-refractivity contribution in [2.75, 3.05) is 11.9 Å². The largest absolute Gasteiger partial charge is 0.618 e. The first-order chi connectivity index (χ1) is 16.2. The molecule has 2 heterocycles. The highest BCUT2D eigenvalue weighted by Crippen LogP contribution is 2.55. The molecule has 13 heteroatoms. The van der Waals surface area contributed by atoms with Gasteiger partial charge in [0, 0.05) is 29.5 Å². The Hall–Kier alpha value is -3.48. The fourth-order valence-corrected chi connectivity index (χ4v) is 4.08. The maximum absolute atomic E-state index is 14.5. The summed E-state index contributed by atoms with van der Waals surface area (Å²) >= 11 is 0. The summed E-state index contributed by atoms with van der Waals surface area (Å²) in [5, 5.41) is 14.0. The number of ether oxygens (including phenoxy) is 2. The fraction of sp³-hybridized carbons (Fsp3) is 0.409. The molecule has 1 aromatic heterocycles. The molecule has 190 valence electrons. The first-order valence-electron chi connectivity index (χ1n) is 10.4. The Bertz CT molecular complexity index is 1160. The highest BCUT2D eigenvalue weighted by atomic mass is 19.4. The number of amides is 2. The predicted molar refractivity (Wildman–Crippen MR) is 111 cm³/mol. The van der Waals surface area contributed by atoms with Crippen molar-refractivity contribution in [2.24, 2.45) is 11.7 Å². The predicted octanol–water partition coefficient (Wildman–Crippen LogP) is 3.17. The highest BCUT2D eigenvalue weighted by molar-refractivity contribution is 5.97. The Morgan fingerprint density at radius 2 is 1.94 bits per heavy atom. The number of carbonyl (C=O) groups excluding carboxylic acids is 2. The number of nitrogens with zero attached hydrogens (tertiary/aromatic N) is 1. The van der Waals surface area contributed by atoms with E-state index in [0.29, 0.717) is 0 Å². The molecular weight excluding hydrogens is 481 g/mol. The second kappa shape index (κ2) is 9.29. The number of hydrogen-bond donors (Lipinski definition) is 2. The van der Waals surface area contributed by atoms with Crippen molar-refractivity contribution in [3.8, 4) is 5.75 Å². The SMILES string of the molecule is CCOc1c([C@@H]2[C@@H](C)[C@](C)(C(F)(F)F)O[C@H]2C(=O)Nc2cc[n+]([O-])c(C(N)=O)c2)ccc(F)c1F. The molecule has 0 spiro atoms. The van der Waals surface area contributed by atoms with E-state index in [1.165, 1.54) is 13.8 Å². The number of rotatable bonds is 6. The highest BCUT2D eigenvalue weighted by Gasteiger charge is 2.66. The van der Waals surface area contributed by atoms with Gasteiger partial charge in [-0.15, -0.1) is 0 Å². The molecule has 35 heavy (non-hydrogen) atoms. The van der Waals surface area contributed by atoms with Crippen LogP contribution in [0, 0.1) is 22.8 Å². The lowest BCUT2D eigenvalue weighted by Crippen LogP contribution is -2.47. The van der Waals surface area contributed by atoms with E-state index in [1.807, 2.05) is 0 Å². The second-order valence-electron chi connectivity index (χ2n) is 8.15. The molecule has 2 aromatic rings. The number of carbonyl (C=O) groups is 2. The average Bonchev–Trinajstić information content (AvgIpc) is 3.05. The van der Waals surface area contributed by atoms with Crippen LogP contribution in [-0.2, 0) is 9.53 Å². The maximum Gasteiger partial charge on any atom is 0.417 e. The summed E-state index contributed by atoms with van der Waals surface area (Å²) in [6, 6.07) is 3.80. The van der Waals surface area contributed by atoms with Gasteiger partial charge in [-0.1, -0.05) is 13.0 Å². The van der Waals surface area contributed by atoms with Gasteiger partial charge < -0.3 is 25.7 Å². The molecule has 4 atom stereocenters. The molecule has 1 aromatic carbocycles. The summed E-state index contributed by atoms with van der Waals surface area (Å²) in [5.41, 5.74) is 1.44. The van der Waals surface area contributed by atoms with E-state index in [9.17, 15) is 36.7 Å². The number of halogens is 5. The Balaban J connectivity index is 2.09. The van der Waals surface area contributed by atoms with Crippen molar-refractivity contribution in [3.63, 3.8) is 0 Å². The van der Waals surface area contributed by atoms with Crippen molar-refractivity contribution in [2.45, 2.75) is 44.6 Å². The molecule has 0 aliphatic carbocycles. The van der Waals surface area contributed by atoms with Crippen LogP contribution < -0.4 is 20.5 Å². The molecule has 2 amide bonds. The lowest BCUT2D eigenvalue weighted by atomic mass is 9.77. The lowest BCUT2D eigenvalue weighted by molar-refractivity contribution is -0.607. The van der Waals surface area contributed by atoms with Crippen molar-refractivity contribution in [1.29, 1.82) is 0 Å². The molecule has 0 saturated carbocycles. The Kier molecular flexibility index (Phi) is 6.93. The summed E-state index contributed by atoms with van der Waals surface area (Å²) in [6.07, 6.45) is -5.89. The molecule has 0 bridgehead atoms. The van der Waals surface area contributed by atoms with Crippen LogP contribution in [0.5, 0.6) is 5.75 Å². The third kappa shape index (κ3) is 4.59. The van der Waals surface area contributed by atoms with Crippen LogP contribution in [0.1, 0.15) is 42.7 Å². The molecule has 3 rings (SSSR count). The molecule has 1 aliphatic heterocycles. The van der Waals surface area contributed by atoms with E-state index >= 15 is 0 Å². The van der Waals surface area contributed by atoms with E-state index < -0.39 is 64.6 Å². The van der Waals surface area contributed by atoms with Gasteiger partial charge in [0.1, 0.15) is 6.10 Å². The third-order valence-corrected chi connectivity index (χ3v) is 6.09. The number of aromatic nitrogens is 1.